The Bertz CT molecular complexity index is 1020. The van der Waals surface area contributed by atoms with Crippen LogP contribution in [0.2, 0.25) is 0 Å². The fourth-order valence-electron chi connectivity index (χ4n) is 3.50. The molecule has 1 aliphatic carbocycles. The van der Waals surface area contributed by atoms with Crippen molar-refractivity contribution in [3.63, 3.8) is 0 Å². The van der Waals surface area contributed by atoms with Gasteiger partial charge in [-0.3, -0.25) is 9.59 Å². The second kappa shape index (κ2) is 6.95. The maximum Gasteiger partial charge on any atom is 0.269 e. The average Bonchev–Trinajstić information content (AvgIpc) is 3.32. The number of nitrogens with zero attached hydrogens (tertiary/aromatic N) is 2. The summed E-state index contributed by atoms with van der Waals surface area (Å²) in [7, 11) is -3.08. The van der Waals surface area contributed by atoms with Crippen molar-refractivity contribution in [3.8, 4) is 0 Å². The Morgan fingerprint density at radius 3 is 2.70 bits per heavy atom. The molecule has 1 saturated heterocycles. The van der Waals surface area contributed by atoms with Crippen LogP contribution in [0.5, 0.6) is 0 Å². The molecule has 0 saturated carbocycles. The van der Waals surface area contributed by atoms with Gasteiger partial charge < -0.3 is 10.6 Å². The second-order valence-corrected chi connectivity index (χ2v) is 10.9. The van der Waals surface area contributed by atoms with Crippen molar-refractivity contribution in [1.82, 2.24) is 14.9 Å². The van der Waals surface area contributed by atoms with Gasteiger partial charge >= 0.3 is 0 Å². The number of nitrogens with one attached hydrogen (secondary N) is 2. The van der Waals surface area contributed by atoms with E-state index in [-0.39, 0.29) is 29.4 Å². The topological polar surface area (TPSA) is 118 Å². The number of rotatable bonds is 4. The van der Waals surface area contributed by atoms with Crippen LogP contribution in [0.4, 0.5) is 5.00 Å². The Kier molecular flexibility index (Phi) is 4.77. The zero-order valence-corrected chi connectivity index (χ0v) is 17.0. The molecule has 2 aliphatic rings. The van der Waals surface area contributed by atoms with E-state index in [1.54, 1.807) is 6.92 Å². The highest BCUT2D eigenvalue weighted by Gasteiger charge is 2.33. The summed E-state index contributed by atoms with van der Waals surface area (Å²) >= 11 is 2.43. The van der Waals surface area contributed by atoms with Gasteiger partial charge in [-0.1, -0.05) is 4.49 Å². The SMILES string of the molecule is Cc1nnsc1C(=O)Nc1sc2c(c1C(=O)NC1CCS(=O)(=O)C1)CCC2. The van der Waals surface area contributed by atoms with Crippen LogP contribution in [0.15, 0.2) is 0 Å². The van der Waals surface area contributed by atoms with E-state index in [1.807, 2.05) is 0 Å². The lowest BCUT2D eigenvalue weighted by Gasteiger charge is -2.13. The number of thiophene rings is 1. The van der Waals surface area contributed by atoms with Gasteiger partial charge in [-0.2, -0.15) is 0 Å². The molecular weight excluding hydrogens is 408 g/mol. The maximum absolute atomic E-state index is 12.9. The first kappa shape index (κ1) is 18.5. The van der Waals surface area contributed by atoms with E-state index in [0.717, 1.165) is 41.2 Å². The van der Waals surface area contributed by atoms with Crippen LogP contribution >= 0.6 is 22.9 Å². The zero-order valence-electron chi connectivity index (χ0n) is 14.6. The number of aromatic nitrogens is 2. The molecule has 0 spiro atoms. The molecule has 2 aromatic heterocycles. The number of anilines is 1. The third-order valence-electron chi connectivity index (χ3n) is 4.80. The van der Waals surface area contributed by atoms with Crippen molar-refractivity contribution in [2.45, 2.75) is 38.6 Å². The highest BCUT2D eigenvalue weighted by atomic mass is 32.2. The number of sulfone groups is 1. The number of aryl methyl sites for hydroxylation is 2. The Morgan fingerprint density at radius 1 is 1.22 bits per heavy atom. The van der Waals surface area contributed by atoms with Crippen molar-refractivity contribution < 1.29 is 18.0 Å². The van der Waals surface area contributed by atoms with Crippen LogP contribution in [0.3, 0.4) is 0 Å². The standard InChI is InChI=1S/C16H18N4O4S3/c1-8-13(26-20-19-8)15(22)18-16-12(10-3-2-4-11(10)25-16)14(21)17-9-5-6-27(23,24)7-9/h9H,2-7H2,1H3,(H,17,21)(H,18,22). The molecule has 11 heteroatoms. The summed E-state index contributed by atoms with van der Waals surface area (Å²) in [5.41, 5.74) is 1.98. The Labute approximate surface area is 164 Å². The Balaban J connectivity index is 1.59. The molecule has 0 aromatic carbocycles. The van der Waals surface area contributed by atoms with Crippen LogP contribution in [0.1, 0.15) is 49.0 Å². The number of amides is 2. The first-order valence-electron chi connectivity index (χ1n) is 8.60. The van der Waals surface area contributed by atoms with Crippen molar-refractivity contribution in [1.29, 1.82) is 0 Å². The van der Waals surface area contributed by atoms with Crippen molar-refractivity contribution in [2.75, 3.05) is 16.8 Å². The van der Waals surface area contributed by atoms with Crippen molar-refractivity contribution in [2.24, 2.45) is 0 Å². The summed E-state index contributed by atoms with van der Waals surface area (Å²) in [6, 6.07) is -0.379. The lowest BCUT2D eigenvalue weighted by Crippen LogP contribution is -2.36. The quantitative estimate of drug-likeness (QED) is 0.766. The molecule has 1 aliphatic heterocycles. The number of fused-ring (bicyclic) bond motifs is 1. The van der Waals surface area contributed by atoms with Gasteiger partial charge in [-0.15, -0.1) is 16.4 Å². The summed E-state index contributed by atoms with van der Waals surface area (Å²) in [5.74, 6) is -0.578. The minimum absolute atomic E-state index is 0.0293. The first-order chi connectivity index (χ1) is 12.8. The molecule has 3 heterocycles. The van der Waals surface area contributed by atoms with E-state index >= 15 is 0 Å². The molecule has 0 bridgehead atoms. The average molecular weight is 427 g/mol. The largest absolute Gasteiger partial charge is 0.348 e. The lowest BCUT2D eigenvalue weighted by molar-refractivity contribution is 0.0941. The molecular formula is C16H18N4O4S3. The molecule has 2 aromatic rings. The number of hydrogen-bond acceptors (Lipinski definition) is 8. The van der Waals surface area contributed by atoms with Gasteiger partial charge in [0.05, 0.1) is 22.8 Å². The monoisotopic (exact) mass is 426 g/mol. The van der Waals surface area contributed by atoms with Gasteiger partial charge in [0.25, 0.3) is 11.8 Å². The third kappa shape index (κ3) is 3.63. The number of carbonyl (C=O) groups is 2. The fourth-order valence-corrected chi connectivity index (χ4v) is 7.01. The zero-order chi connectivity index (χ0) is 19.2. The molecule has 27 heavy (non-hydrogen) atoms. The molecule has 1 atom stereocenters. The maximum atomic E-state index is 12.9. The minimum Gasteiger partial charge on any atom is -0.348 e. The van der Waals surface area contributed by atoms with Crippen LogP contribution in [-0.4, -0.2) is 47.4 Å². The van der Waals surface area contributed by atoms with E-state index in [0.29, 0.717) is 27.6 Å². The van der Waals surface area contributed by atoms with Crippen molar-refractivity contribution in [3.05, 3.63) is 26.6 Å². The first-order valence-corrected chi connectivity index (χ1v) is 12.0. The number of hydrogen-bond donors (Lipinski definition) is 2. The summed E-state index contributed by atoms with van der Waals surface area (Å²) < 4.78 is 27.1. The van der Waals surface area contributed by atoms with E-state index in [9.17, 15) is 18.0 Å². The Morgan fingerprint density at radius 2 is 2.04 bits per heavy atom. The molecule has 2 N–H and O–H groups in total. The Hall–Kier alpha value is -1.85. The summed E-state index contributed by atoms with van der Waals surface area (Å²) in [6.07, 6.45) is 3.07. The van der Waals surface area contributed by atoms with E-state index in [2.05, 4.69) is 20.2 Å². The molecule has 2 amide bonds. The van der Waals surface area contributed by atoms with Gasteiger partial charge in [0.15, 0.2) is 9.84 Å². The smallest absolute Gasteiger partial charge is 0.269 e. The molecule has 8 nitrogen and oxygen atoms in total. The van der Waals surface area contributed by atoms with Crippen LogP contribution < -0.4 is 10.6 Å². The highest BCUT2D eigenvalue weighted by molar-refractivity contribution is 7.91. The van der Waals surface area contributed by atoms with Gasteiger partial charge in [-0.25, -0.2) is 8.42 Å². The molecule has 1 unspecified atom stereocenters. The second-order valence-electron chi connectivity index (χ2n) is 6.78. The van der Waals surface area contributed by atoms with Crippen LogP contribution in [0.25, 0.3) is 0 Å². The summed E-state index contributed by atoms with van der Waals surface area (Å²) in [5, 5.41) is 10.0. The van der Waals surface area contributed by atoms with Crippen LogP contribution in [-0.2, 0) is 22.7 Å². The molecule has 144 valence electrons. The summed E-state index contributed by atoms with van der Waals surface area (Å²) in [6.45, 7) is 1.71. The van der Waals surface area contributed by atoms with E-state index in [1.165, 1.54) is 11.3 Å². The van der Waals surface area contributed by atoms with Gasteiger partial charge in [0.2, 0.25) is 0 Å². The normalized spacial score (nSPS) is 20.4. The molecule has 0 radical (unpaired) electrons. The third-order valence-corrected chi connectivity index (χ3v) is 8.60. The summed E-state index contributed by atoms with van der Waals surface area (Å²) in [4.78, 5) is 27.0. The van der Waals surface area contributed by atoms with Gasteiger partial charge in [0.1, 0.15) is 9.88 Å². The van der Waals surface area contributed by atoms with E-state index in [4.69, 9.17) is 0 Å². The predicted octanol–water partition coefficient (Wildman–Crippen LogP) is 1.57. The molecule has 4 rings (SSSR count). The van der Waals surface area contributed by atoms with Crippen molar-refractivity contribution >= 4 is 49.5 Å². The predicted molar refractivity (Wildman–Crippen MR) is 103 cm³/mol. The van der Waals surface area contributed by atoms with Crippen LogP contribution in [0, 0.1) is 6.92 Å². The molecule has 1 fully saturated rings. The van der Waals surface area contributed by atoms with Gasteiger partial charge in [-0.05, 0) is 49.7 Å². The van der Waals surface area contributed by atoms with Gasteiger partial charge in [0, 0.05) is 10.9 Å². The fraction of sp³-hybridized carbons (Fsp3) is 0.500. The lowest BCUT2D eigenvalue weighted by atomic mass is 10.1. The minimum atomic E-state index is -3.08. The van der Waals surface area contributed by atoms with E-state index < -0.39 is 9.84 Å². The highest BCUT2D eigenvalue weighted by Crippen LogP contribution is 2.39. The number of carbonyl (C=O) groups excluding carboxylic acids is 2.